The van der Waals surface area contributed by atoms with Crippen molar-refractivity contribution in [2.24, 2.45) is 0 Å². The third-order valence-electron chi connectivity index (χ3n) is 1.82. The van der Waals surface area contributed by atoms with Gasteiger partial charge in [0.1, 0.15) is 5.82 Å². The molecule has 0 spiro atoms. The number of nitrogen functional groups attached to an aromatic ring is 1. The van der Waals surface area contributed by atoms with Crippen LogP contribution in [0.25, 0.3) is 0 Å². The summed E-state index contributed by atoms with van der Waals surface area (Å²) in [4.78, 5) is 0. The molecule has 0 amide bonds. The first-order valence-electron chi connectivity index (χ1n) is 3.73. The average molecular weight is 138 g/mol. The van der Waals surface area contributed by atoms with Gasteiger partial charge in [0.15, 0.2) is 0 Å². The Hall–Kier alpha value is -0.920. The zero-order valence-corrected chi connectivity index (χ0v) is 6.59. The first-order valence-corrected chi connectivity index (χ1v) is 3.73. The van der Waals surface area contributed by atoms with E-state index in [1.165, 1.54) is 5.56 Å². The van der Waals surface area contributed by atoms with Gasteiger partial charge in [-0.2, -0.15) is 0 Å². The third-order valence-corrected chi connectivity index (χ3v) is 1.82. The molecule has 0 aromatic carbocycles. The number of hydrogen-bond donors (Lipinski definition) is 1. The molecule has 10 heavy (non-hydrogen) atoms. The molecule has 2 nitrogen and oxygen atoms in total. The van der Waals surface area contributed by atoms with Crippen LogP contribution < -0.4 is 5.73 Å². The van der Waals surface area contributed by atoms with Gasteiger partial charge < -0.3 is 10.3 Å². The Labute approximate surface area is 61.7 Å². The Morgan fingerprint density at radius 2 is 2.20 bits per heavy atom. The number of hydrogen-bond acceptors (Lipinski definition) is 1. The number of rotatable bonds is 2. The van der Waals surface area contributed by atoms with Crippen LogP contribution in [0, 0.1) is 0 Å². The average Bonchev–Trinajstić information content (AvgIpc) is 2.30. The lowest BCUT2D eigenvalue weighted by Gasteiger charge is -2.01. The summed E-state index contributed by atoms with van der Waals surface area (Å²) in [6.07, 6.45) is 3.06. The van der Waals surface area contributed by atoms with Gasteiger partial charge in [-0.15, -0.1) is 0 Å². The second kappa shape index (κ2) is 2.78. The van der Waals surface area contributed by atoms with Crippen molar-refractivity contribution >= 4 is 5.82 Å². The van der Waals surface area contributed by atoms with Crippen LogP contribution >= 0.6 is 0 Å². The Bertz CT molecular complexity index is 192. The molecule has 0 aliphatic heterocycles. The summed E-state index contributed by atoms with van der Waals surface area (Å²) >= 11 is 0. The van der Waals surface area contributed by atoms with Crippen molar-refractivity contribution in [3.05, 3.63) is 17.8 Å². The van der Waals surface area contributed by atoms with Crippen molar-refractivity contribution in [1.29, 1.82) is 0 Å². The van der Waals surface area contributed by atoms with Crippen LogP contribution in [-0.4, -0.2) is 4.57 Å². The predicted molar refractivity (Wildman–Crippen MR) is 43.9 cm³/mol. The number of anilines is 1. The maximum Gasteiger partial charge on any atom is 0.106 e. The molecule has 1 heterocycles. The zero-order chi connectivity index (χ0) is 7.56. The molecule has 0 atom stereocenters. The molecular formula is C8H14N2. The van der Waals surface area contributed by atoms with Crippen molar-refractivity contribution in [1.82, 2.24) is 4.57 Å². The number of aromatic nitrogens is 1. The van der Waals surface area contributed by atoms with Gasteiger partial charge >= 0.3 is 0 Å². The van der Waals surface area contributed by atoms with Crippen LogP contribution in [0.15, 0.2) is 12.3 Å². The molecule has 2 heteroatoms. The first kappa shape index (κ1) is 7.19. The van der Waals surface area contributed by atoms with Gasteiger partial charge in [-0.25, -0.2) is 0 Å². The summed E-state index contributed by atoms with van der Waals surface area (Å²) in [5, 5.41) is 0. The zero-order valence-electron chi connectivity index (χ0n) is 6.59. The minimum atomic E-state index is 0.921. The van der Waals surface area contributed by atoms with Crippen LogP contribution in [0.5, 0.6) is 0 Å². The number of aryl methyl sites for hydroxylation is 2. The van der Waals surface area contributed by atoms with E-state index in [1.807, 2.05) is 6.20 Å². The van der Waals surface area contributed by atoms with Crippen LogP contribution in [-0.2, 0) is 13.0 Å². The maximum atomic E-state index is 5.79. The molecule has 1 aromatic heterocycles. The Morgan fingerprint density at radius 1 is 1.50 bits per heavy atom. The second-order valence-corrected chi connectivity index (χ2v) is 2.37. The predicted octanol–water partition coefficient (Wildman–Crippen LogP) is 1.65. The fraction of sp³-hybridized carbons (Fsp3) is 0.500. The van der Waals surface area contributed by atoms with Gasteiger partial charge in [-0.05, 0) is 25.0 Å². The molecule has 2 N–H and O–H groups in total. The van der Waals surface area contributed by atoms with Gasteiger partial charge in [-0.3, -0.25) is 0 Å². The molecule has 0 aliphatic carbocycles. The lowest BCUT2D eigenvalue weighted by molar-refractivity contribution is 0.777. The number of nitrogens with two attached hydrogens (primary N) is 1. The molecule has 0 unspecified atom stereocenters. The van der Waals surface area contributed by atoms with Gasteiger partial charge in [0, 0.05) is 12.7 Å². The molecule has 56 valence electrons. The molecule has 0 bridgehead atoms. The van der Waals surface area contributed by atoms with E-state index in [9.17, 15) is 0 Å². The topological polar surface area (TPSA) is 30.9 Å². The minimum Gasteiger partial charge on any atom is -0.385 e. The van der Waals surface area contributed by atoms with E-state index < -0.39 is 0 Å². The van der Waals surface area contributed by atoms with E-state index in [2.05, 4.69) is 24.5 Å². The van der Waals surface area contributed by atoms with Crippen molar-refractivity contribution < 1.29 is 0 Å². The van der Waals surface area contributed by atoms with E-state index in [4.69, 9.17) is 5.73 Å². The summed E-state index contributed by atoms with van der Waals surface area (Å²) in [7, 11) is 0. The minimum absolute atomic E-state index is 0.921. The SMILES string of the molecule is CCc1ccn(CC)c1N. The van der Waals surface area contributed by atoms with E-state index in [-0.39, 0.29) is 0 Å². The van der Waals surface area contributed by atoms with Gasteiger partial charge in [0.2, 0.25) is 0 Å². The van der Waals surface area contributed by atoms with Crippen LogP contribution in [0.2, 0.25) is 0 Å². The summed E-state index contributed by atoms with van der Waals surface area (Å²) in [6, 6.07) is 2.08. The Kier molecular flexibility index (Phi) is 2.00. The second-order valence-electron chi connectivity index (χ2n) is 2.37. The summed E-state index contributed by atoms with van der Waals surface area (Å²) < 4.78 is 2.05. The molecule has 1 aromatic rings. The number of nitrogens with zero attached hydrogens (tertiary/aromatic N) is 1. The standard InChI is InChI=1S/C8H14N2/c1-3-7-5-6-10(4-2)8(7)9/h5-6H,3-4,9H2,1-2H3. The van der Waals surface area contributed by atoms with Gasteiger partial charge in [0.25, 0.3) is 0 Å². The largest absolute Gasteiger partial charge is 0.385 e. The van der Waals surface area contributed by atoms with Crippen LogP contribution in [0.4, 0.5) is 5.82 Å². The highest BCUT2D eigenvalue weighted by atomic mass is 15.0. The molecule has 0 saturated carbocycles. The van der Waals surface area contributed by atoms with Crippen molar-refractivity contribution in [3.8, 4) is 0 Å². The maximum absolute atomic E-state index is 5.79. The van der Waals surface area contributed by atoms with E-state index in [1.54, 1.807) is 0 Å². The summed E-state index contributed by atoms with van der Waals surface area (Å²) in [6.45, 7) is 5.17. The molecule has 0 fully saturated rings. The fourth-order valence-corrected chi connectivity index (χ4v) is 1.10. The highest BCUT2D eigenvalue weighted by Crippen LogP contribution is 2.13. The highest BCUT2D eigenvalue weighted by molar-refractivity contribution is 5.41. The highest BCUT2D eigenvalue weighted by Gasteiger charge is 1.99. The monoisotopic (exact) mass is 138 g/mol. The van der Waals surface area contributed by atoms with Crippen molar-refractivity contribution in [2.45, 2.75) is 26.8 Å². The Balaban J connectivity index is 2.97. The quantitative estimate of drug-likeness (QED) is 0.662. The molecule has 0 radical (unpaired) electrons. The van der Waals surface area contributed by atoms with E-state index in [0.717, 1.165) is 18.8 Å². The smallest absolute Gasteiger partial charge is 0.106 e. The fourth-order valence-electron chi connectivity index (χ4n) is 1.10. The van der Waals surface area contributed by atoms with Crippen molar-refractivity contribution in [3.63, 3.8) is 0 Å². The van der Waals surface area contributed by atoms with E-state index >= 15 is 0 Å². The third kappa shape index (κ3) is 1.01. The summed E-state index contributed by atoms with van der Waals surface area (Å²) in [5.41, 5.74) is 7.04. The first-order chi connectivity index (χ1) is 4.79. The summed E-state index contributed by atoms with van der Waals surface area (Å²) in [5.74, 6) is 0.921. The lowest BCUT2D eigenvalue weighted by atomic mass is 10.2. The van der Waals surface area contributed by atoms with Gasteiger partial charge in [0.05, 0.1) is 0 Å². The molecular weight excluding hydrogens is 124 g/mol. The molecule has 0 saturated heterocycles. The molecule has 1 rings (SSSR count). The van der Waals surface area contributed by atoms with Crippen molar-refractivity contribution in [2.75, 3.05) is 5.73 Å². The van der Waals surface area contributed by atoms with Crippen LogP contribution in [0.3, 0.4) is 0 Å². The van der Waals surface area contributed by atoms with E-state index in [0.29, 0.717) is 0 Å². The lowest BCUT2D eigenvalue weighted by Crippen LogP contribution is -2.00. The normalized spacial score (nSPS) is 10.2. The van der Waals surface area contributed by atoms with Crippen LogP contribution in [0.1, 0.15) is 19.4 Å². The Morgan fingerprint density at radius 3 is 2.50 bits per heavy atom. The van der Waals surface area contributed by atoms with Gasteiger partial charge in [-0.1, -0.05) is 6.92 Å². The molecule has 0 aliphatic rings.